The predicted molar refractivity (Wildman–Crippen MR) is 97.7 cm³/mol. The Labute approximate surface area is 156 Å². The molecule has 0 saturated carbocycles. The molecule has 1 aromatic carbocycles. The van der Waals surface area contributed by atoms with E-state index in [0.717, 1.165) is 4.90 Å². The molecule has 1 amide bonds. The SMILES string of the molecule is CSc1ccc(S(=O)(=O)NCc2ccco2)cc1C(=O)N1CCOCC1. The zero-order chi connectivity index (χ0) is 18.6. The van der Waals surface area contributed by atoms with Gasteiger partial charge in [-0.3, -0.25) is 4.79 Å². The van der Waals surface area contributed by atoms with E-state index in [4.69, 9.17) is 9.15 Å². The number of thioether (sulfide) groups is 1. The molecule has 0 unspecified atom stereocenters. The summed E-state index contributed by atoms with van der Waals surface area (Å²) in [4.78, 5) is 15.3. The highest BCUT2D eigenvalue weighted by atomic mass is 32.2. The summed E-state index contributed by atoms with van der Waals surface area (Å²) in [6, 6.07) is 7.99. The second-order valence-corrected chi connectivity index (χ2v) is 8.29. The summed E-state index contributed by atoms with van der Waals surface area (Å²) in [5.41, 5.74) is 0.389. The van der Waals surface area contributed by atoms with Gasteiger partial charge >= 0.3 is 0 Å². The third-order valence-electron chi connectivity index (χ3n) is 4.03. The first-order chi connectivity index (χ1) is 12.5. The first-order valence-electron chi connectivity index (χ1n) is 8.08. The lowest BCUT2D eigenvalue weighted by Crippen LogP contribution is -2.41. The van der Waals surface area contributed by atoms with Gasteiger partial charge in [0, 0.05) is 18.0 Å². The molecule has 1 aliphatic rings. The Morgan fingerprint density at radius 2 is 2.04 bits per heavy atom. The average molecular weight is 396 g/mol. The molecular formula is C17H20N2O5S2. The molecule has 0 radical (unpaired) electrons. The van der Waals surface area contributed by atoms with Crippen LogP contribution in [0.1, 0.15) is 16.1 Å². The molecular weight excluding hydrogens is 376 g/mol. The van der Waals surface area contributed by atoms with Crippen LogP contribution in [0.15, 0.2) is 50.8 Å². The number of nitrogens with zero attached hydrogens (tertiary/aromatic N) is 1. The van der Waals surface area contributed by atoms with Crippen molar-refractivity contribution in [1.82, 2.24) is 9.62 Å². The van der Waals surface area contributed by atoms with Crippen molar-refractivity contribution >= 4 is 27.7 Å². The van der Waals surface area contributed by atoms with E-state index in [-0.39, 0.29) is 17.3 Å². The molecule has 3 rings (SSSR count). The van der Waals surface area contributed by atoms with Crippen molar-refractivity contribution in [2.45, 2.75) is 16.3 Å². The number of benzene rings is 1. The first-order valence-corrected chi connectivity index (χ1v) is 10.8. The van der Waals surface area contributed by atoms with Crippen molar-refractivity contribution in [1.29, 1.82) is 0 Å². The molecule has 2 heterocycles. The minimum atomic E-state index is -3.76. The third-order valence-corrected chi connectivity index (χ3v) is 6.22. The number of hydrogen-bond acceptors (Lipinski definition) is 6. The second-order valence-electron chi connectivity index (χ2n) is 5.67. The Kier molecular flexibility index (Phi) is 6.02. The predicted octanol–water partition coefficient (Wildman–Crippen LogP) is 1.95. The Balaban J connectivity index is 1.84. The number of ether oxygens (including phenoxy) is 1. The van der Waals surface area contributed by atoms with Gasteiger partial charge < -0.3 is 14.1 Å². The molecule has 1 N–H and O–H groups in total. The number of amides is 1. The minimum Gasteiger partial charge on any atom is -0.468 e. The maximum Gasteiger partial charge on any atom is 0.255 e. The van der Waals surface area contributed by atoms with E-state index >= 15 is 0 Å². The Bertz CT molecular complexity index is 859. The van der Waals surface area contributed by atoms with Crippen LogP contribution in [-0.4, -0.2) is 51.8 Å². The molecule has 0 spiro atoms. The highest BCUT2D eigenvalue weighted by Crippen LogP contribution is 2.25. The number of nitrogens with one attached hydrogen (secondary N) is 1. The smallest absolute Gasteiger partial charge is 0.255 e. The summed E-state index contributed by atoms with van der Waals surface area (Å²) in [6.07, 6.45) is 3.34. The number of furan rings is 1. The molecule has 1 fully saturated rings. The normalized spacial score (nSPS) is 15.2. The van der Waals surface area contributed by atoms with Crippen LogP contribution in [0.3, 0.4) is 0 Å². The van der Waals surface area contributed by atoms with Gasteiger partial charge in [-0.15, -0.1) is 11.8 Å². The van der Waals surface area contributed by atoms with E-state index in [0.29, 0.717) is 37.6 Å². The number of carbonyl (C=O) groups excluding carboxylic acids is 1. The van der Waals surface area contributed by atoms with Crippen molar-refractivity contribution in [2.75, 3.05) is 32.6 Å². The lowest BCUT2D eigenvalue weighted by atomic mass is 10.2. The van der Waals surface area contributed by atoms with Gasteiger partial charge in [-0.05, 0) is 36.6 Å². The maximum absolute atomic E-state index is 12.8. The molecule has 7 nitrogen and oxygen atoms in total. The van der Waals surface area contributed by atoms with Gasteiger partial charge in [0.25, 0.3) is 5.91 Å². The molecule has 2 aromatic rings. The number of carbonyl (C=O) groups is 1. The van der Waals surface area contributed by atoms with Gasteiger partial charge in [-0.1, -0.05) is 0 Å². The molecule has 140 valence electrons. The Hall–Kier alpha value is -1.81. The topological polar surface area (TPSA) is 88.8 Å². The van der Waals surface area contributed by atoms with Crippen molar-refractivity contribution in [2.24, 2.45) is 0 Å². The van der Waals surface area contributed by atoms with Crippen LogP contribution < -0.4 is 4.72 Å². The average Bonchev–Trinajstić information content (AvgIpc) is 3.20. The van der Waals surface area contributed by atoms with Crippen LogP contribution in [0.5, 0.6) is 0 Å². The van der Waals surface area contributed by atoms with E-state index in [9.17, 15) is 13.2 Å². The first kappa shape index (κ1) is 19.0. The van der Waals surface area contributed by atoms with E-state index in [1.165, 1.54) is 30.2 Å². The minimum absolute atomic E-state index is 0.0480. The number of hydrogen-bond donors (Lipinski definition) is 1. The van der Waals surface area contributed by atoms with Crippen molar-refractivity contribution in [3.05, 3.63) is 47.9 Å². The number of rotatable bonds is 6. The van der Waals surface area contributed by atoms with E-state index < -0.39 is 10.0 Å². The van der Waals surface area contributed by atoms with Gasteiger partial charge in [0.2, 0.25) is 10.0 Å². The van der Waals surface area contributed by atoms with Crippen LogP contribution in [0.4, 0.5) is 0 Å². The lowest BCUT2D eigenvalue weighted by molar-refractivity contribution is 0.0300. The summed E-state index contributed by atoms with van der Waals surface area (Å²) in [6.45, 7) is 2.03. The van der Waals surface area contributed by atoms with Gasteiger partial charge in [0.1, 0.15) is 5.76 Å². The van der Waals surface area contributed by atoms with Gasteiger partial charge in [0.15, 0.2) is 0 Å². The van der Waals surface area contributed by atoms with Gasteiger partial charge in [-0.25, -0.2) is 13.1 Å². The molecule has 1 saturated heterocycles. The summed E-state index contributed by atoms with van der Waals surface area (Å²) < 4.78 is 38.0. The molecule has 1 aromatic heterocycles. The van der Waals surface area contributed by atoms with E-state index in [2.05, 4.69) is 4.72 Å². The fraction of sp³-hybridized carbons (Fsp3) is 0.353. The van der Waals surface area contributed by atoms with Crippen LogP contribution in [0.2, 0.25) is 0 Å². The van der Waals surface area contributed by atoms with Crippen molar-refractivity contribution in [3.63, 3.8) is 0 Å². The largest absolute Gasteiger partial charge is 0.468 e. The molecule has 1 aliphatic heterocycles. The quantitative estimate of drug-likeness (QED) is 0.751. The zero-order valence-electron chi connectivity index (χ0n) is 14.3. The summed E-state index contributed by atoms with van der Waals surface area (Å²) in [5.74, 6) is 0.333. The molecule has 9 heteroatoms. The summed E-state index contributed by atoms with van der Waals surface area (Å²) >= 11 is 1.41. The van der Waals surface area contributed by atoms with E-state index in [1.54, 1.807) is 23.1 Å². The second kappa shape index (κ2) is 8.26. The summed E-state index contributed by atoms with van der Waals surface area (Å²) in [5, 5.41) is 0. The van der Waals surface area contributed by atoms with E-state index in [1.807, 2.05) is 6.26 Å². The molecule has 26 heavy (non-hydrogen) atoms. The highest BCUT2D eigenvalue weighted by molar-refractivity contribution is 7.98. The van der Waals surface area contributed by atoms with Crippen LogP contribution >= 0.6 is 11.8 Å². The molecule has 0 aliphatic carbocycles. The van der Waals surface area contributed by atoms with Gasteiger partial charge in [0.05, 0.1) is 36.5 Å². The third kappa shape index (κ3) is 4.29. The highest BCUT2D eigenvalue weighted by Gasteiger charge is 2.24. The molecule has 0 atom stereocenters. The standard InChI is InChI=1S/C17H20N2O5S2/c1-25-16-5-4-14(26(21,22)18-12-13-3-2-8-24-13)11-15(16)17(20)19-6-9-23-10-7-19/h2-5,8,11,18H,6-7,9-10,12H2,1H3. The van der Waals surface area contributed by atoms with Crippen LogP contribution in [0, 0.1) is 0 Å². The van der Waals surface area contributed by atoms with Crippen LogP contribution in [-0.2, 0) is 21.3 Å². The number of morpholine rings is 1. The monoisotopic (exact) mass is 396 g/mol. The van der Waals surface area contributed by atoms with Crippen molar-refractivity contribution in [3.8, 4) is 0 Å². The molecule has 0 bridgehead atoms. The Morgan fingerprint density at radius 1 is 1.27 bits per heavy atom. The lowest BCUT2D eigenvalue weighted by Gasteiger charge is -2.27. The fourth-order valence-corrected chi connectivity index (χ4v) is 4.21. The van der Waals surface area contributed by atoms with Crippen molar-refractivity contribution < 1.29 is 22.4 Å². The van der Waals surface area contributed by atoms with Gasteiger partial charge in [-0.2, -0.15) is 0 Å². The number of sulfonamides is 1. The Morgan fingerprint density at radius 3 is 2.69 bits per heavy atom. The fourth-order valence-electron chi connectivity index (χ4n) is 2.62. The zero-order valence-corrected chi connectivity index (χ0v) is 15.9. The maximum atomic E-state index is 12.8. The summed E-state index contributed by atoms with van der Waals surface area (Å²) in [7, 11) is -3.76. The van der Waals surface area contributed by atoms with Crippen LogP contribution in [0.25, 0.3) is 0 Å².